The number of nitrogens with two attached hydrogens (primary N) is 1. The molecule has 0 saturated heterocycles. The van der Waals surface area contributed by atoms with Gasteiger partial charge in [-0.2, -0.15) is 0 Å². The summed E-state index contributed by atoms with van der Waals surface area (Å²) in [4.78, 5) is 2.70. The largest absolute Gasteiger partial charge is 0.329 e. The van der Waals surface area contributed by atoms with Gasteiger partial charge in [0, 0.05) is 18.6 Å². The number of likely N-dealkylation sites (N-methyl/N-ethyl adjacent to an activating group) is 1. The molecule has 2 atom stereocenters. The highest BCUT2D eigenvalue weighted by atomic mass is 15.2. The van der Waals surface area contributed by atoms with E-state index < -0.39 is 0 Å². The summed E-state index contributed by atoms with van der Waals surface area (Å²) in [6.45, 7) is 10.2. The van der Waals surface area contributed by atoms with Crippen LogP contribution in [0.1, 0.15) is 59.3 Å². The molecule has 0 aromatic rings. The van der Waals surface area contributed by atoms with Gasteiger partial charge in [0.2, 0.25) is 0 Å². The number of rotatable bonds is 6. The minimum Gasteiger partial charge on any atom is -0.329 e. The molecule has 0 radical (unpaired) electrons. The Morgan fingerprint density at radius 3 is 2.44 bits per heavy atom. The minimum absolute atomic E-state index is 0.324. The first-order valence-electron chi connectivity index (χ1n) is 8.06. The Morgan fingerprint density at radius 2 is 1.94 bits per heavy atom. The zero-order valence-electron chi connectivity index (χ0n) is 12.6. The molecule has 2 aliphatic rings. The zero-order valence-corrected chi connectivity index (χ0v) is 12.6. The second-order valence-electron chi connectivity index (χ2n) is 7.05. The smallest absolute Gasteiger partial charge is 0.0334 e. The fourth-order valence-electron chi connectivity index (χ4n) is 4.06. The van der Waals surface area contributed by atoms with Gasteiger partial charge in [0.1, 0.15) is 0 Å². The first kappa shape index (κ1) is 14.3. The number of hydrogen-bond acceptors (Lipinski definition) is 2. The maximum atomic E-state index is 6.23. The van der Waals surface area contributed by atoms with Gasteiger partial charge in [0.15, 0.2) is 0 Å². The van der Waals surface area contributed by atoms with E-state index in [-0.39, 0.29) is 0 Å². The van der Waals surface area contributed by atoms with Crippen molar-refractivity contribution in [2.75, 3.05) is 19.6 Å². The second kappa shape index (κ2) is 5.92. The highest BCUT2D eigenvalue weighted by molar-refractivity contribution is 4.99. The molecule has 0 aromatic carbocycles. The molecule has 2 aliphatic carbocycles. The Bertz CT molecular complexity index is 260. The summed E-state index contributed by atoms with van der Waals surface area (Å²) in [7, 11) is 0. The summed E-state index contributed by atoms with van der Waals surface area (Å²) in [5.74, 6) is 2.77. The standard InChI is InChI=1S/C16H32N2/c1-4-18(11-13(2)3)16(12-17)9-5-6-15(10-16)14-7-8-14/h13-15H,4-12,17H2,1-3H3. The van der Waals surface area contributed by atoms with Crippen molar-refractivity contribution in [2.45, 2.75) is 64.8 Å². The van der Waals surface area contributed by atoms with Crippen molar-refractivity contribution in [1.82, 2.24) is 4.90 Å². The summed E-state index contributed by atoms with van der Waals surface area (Å²) < 4.78 is 0. The third-order valence-corrected chi connectivity index (χ3v) is 5.17. The van der Waals surface area contributed by atoms with Crippen LogP contribution in [0.2, 0.25) is 0 Å². The zero-order chi connectivity index (χ0) is 13.2. The summed E-state index contributed by atoms with van der Waals surface area (Å²) in [6, 6.07) is 0. The summed E-state index contributed by atoms with van der Waals surface area (Å²) in [6.07, 6.45) is 8.53. The van der Waals surface area contributed by atoms with Crippen LogP contribution in [0.4, 0.5) is 0 Å². The van der Waals surface area contributed by atoms with Crippen molar-refractivity contribution in [2.24, 2.45) is 23.5 Å². The van der Waals surface area contributed by atoms with E-state index in [9.17, 15) is 0 Å². The van der Waals surface area contributed by atoms with Gasteiger partial charge in [0.05, 0.1) is 0 Å². The molecule has 18 heavy (non-hydrogen) atoms. The van der Waals surface area contributed by atoms with Gasteiger partial charge in [-0.25, -0.2) is 0 Å². The van der Waals surface area contributed by atoms with Gasteiger partial charge in [-0.15, -0.1) is 0 Å². The monoisotopic (exact) mass is 252 g/mol. The van der Waals surface area contributed by atoms with Crippen LogP contribution in [0.15, 0.2) is 0 Å². The van der Waals surface area contributed by atoms with Crippen LogP contribution in [0.25, 0.3) is 0 Å². The van der Waals surface area contributed by atoms with Gasteiger partial charge in [0.25, 0.3) is 0 Å². The molecule has 0 aromatic heterocycles. The number of nitrogens with zero attached hydrogens (tertiary/aromatic N) is 1. The maximum Gasteiger partial charge on any atom is 0.0334 e. The first-order valence-corrected chi connectivity index (χ1v) is 8.06. The summed E-state index contributed by atoms with van der Waals surface area (Å²) in [5, 5.41) is 0. The maximum absolute atomic E-state index is 6.23. The lowest BCUT2D eigenvalue weighted by atomic mass is 9.72. The average molecular weight is 252 g/mol. The molecular formula is C16H32N2. The van der Waals surface area contributed by atoms with E-state index in [1.54, 1.807) is 0 Å². The van der Waals surface area contributed by atoms with Crippen molar-refractivity contribution in [3.8, 4) is 0 Å². The molecule has 2 saturated carbocycles. The van der Waals surface area contributed by atoms with E-state index in [0.29, 0.717) is 5.54 Å². The van der Waals surface area contributed by atoms with Crippen molar-refractivity contribution >= 4 is 0 Å². The van der Waals surface area contributed by atoms with Gasteiger partial charge in [-0.3, -0.25) is 4.90 Å². The number of hydrogen-bond donors (Lipinski definition) is 1. The second-order valence-corrected chi connectivity index (χ2v) is 7.05. The van der Waals surface area contributed by atoms with E-state index in [2.05, 4.69) is 25.7 Å². The first-order chi connectivity index (χ1) is 8.61. The molecule has 0 amide bonds. The quantitative estimate of drug-likeness (QED) is 0.786. The van der Waals surface area contributed by atoms with Crippen LogP contribution in [-0.2, 0) is 0 Å². The molecule has 2 fully saturated rings. The lowest BCUT2D eigenvalue weighted by Crippen LogP contribution is -2.57. The molecule has 0 bridgehead atoms. The van der Waals surface area contributed by atoms with Gasteiger partial charge in [-0.1, -0.05) is 33.6 Å². The molecule has 0 heterocycles. The van der Waals surface area contributed by atoms with E-state index in [1.165, 1.54) is 45.1 Å². The Hall–Kier alpha value is -0.0800. The fourth-order valence-corrected chi connectivity index (χ4v) is 4.06. The van der Waals surface area contributed by atoms with Gasteiger partial charge < -0.3 is 5.73 Å². The Morgan fingerprint density at radius 1 is 1.22 bits per heavy atom. The van der Waals surface area contributed by atoms with Crippen molar-refractivity contribution in [3.63, 3.8) is 0 Å². The third kappa shape index (κ3) is 3.08. The van der Waals surface area contributed by atoms with Crippen LogP contribution in [-0.4, -0.2) is 30.1 Å². The van der Waals surface area contributed by atoms with Gasteiger partial charge >= 0.3 is 0 Å². The van der Waals surface area contributed by atoms with E-state index >= 15 is 0 Å². The van der Waals surface area contributed by atoms with Crippen molar-refractivity contribution in [3.05, 3.63) is 0 Å². The predicted molar refractivity (Wildman–Crippen MR) is 78.6 cm³/mol. The molecule has 2 rings (SSSR count). The lowest BCUT2D eigenvalue weighted by molar-refractivity contribution is 0.0264. The van der Waals surface area contributed by atoms with Crippen molar-refractivity contribution in [1.29, 1.82) is 0 Å². The Balaban J connectivity index is 2.06. The Labute approximate surface area is 113 Å². The molecule has 106 valence electrons. The molecule has 2 unspecified atom stereocenters. The highest BCUT2D eigenvalue weighted by Gasteiger charge is 2.44. The SMILES string of the molecule is CCN(CC(C)C)C1(CN)CCCC(C2CC2)C1. The van der Waals surface area contributed by atoms with Crippen molar-refractivity contribution < 1.29 is 0 Å². The van der Waals surface area contributed by atoms with Crippen LogP contribution in [0.3, 0.4) is 0 Å². The molecule has 0 aliphatic heterocycles. The topological polar surface area (TPSA) is 29.3 Å². The summed E-state index contributed by atoms with van der Waals surface area (Å²) in [5.41, 5.74) is 6.56. The van der Waals surface area contributed by atoms with E-state index in [0.717, 1.165) is 30.8 Å². The lowest BCUT2D eigenvalue weighted by Gasteiger charge is -2.49. The normalized spacial score (nSPS) is 33.3. The molecule has 2 N–H and O–H groups in total. The van der Waals surface area contributed by atoms with E-state index in [1.807, 2.05) is 0 Å². The summed E-state index contributed by atoms with van der Waals surface area (Å²) >= 11 is 0. The molecule has 2 heteroatoms. The highest BCUT2D eigenvalue weighted by Crippen LogP contribution is 2.48. The Kier molecular flexibility index (Phi) is 4.71. The third-order valence-electron chi connectivity index (χ3n) is 5.17. The molecule has 0 spiro atoms. The van der Waals surface area contributed by atoms with Crippen LogP contribution >= 0.6 is 0 Å². The predicted octanol–water partition coefficient (Wildman–Crippen LogP) is 3.26. The van der Waals surface area contributed by atoms with E-state index in [4.69, 9.17) is 5.73 Å². The van der Waals surface area contributed by atoms with Crippen LogP contribution in [0.5, 0.6) is 0 Å². The average Bonchev–Trinajstić information content (AvgIpc) is 3.20. The molecule has 2 nitrogen and oxygen atoms in total. The van der Waals surface area contributed by atoms with Crippen LogP contribution in [0, 0.1) is 17.8 Å². The van der Waals surface area contributed by atoms with Gasteiger partial charge in [-0.05, 0) is 50.0 Å². The molecular weight excluding hydrogens is 220 g/mol. The fraction of sp³-hybridized carbons (Fsp3) is 1.00. The van der Waals surface area contributed by atoms with Crippen LogP contribution < -0.4 is 5.73 Å². The minimum atomic E-state index is 0.324.